The summed E-state index contributed by atoms with van der Waals surface area (Å²) in [4.78, 5) is 20.4. The standard InChI is InChI=1S/C17H33N5O2.HI/c1-3-24-17(23)22-11-7-15(8-12-22)20-16(18)19-9-13-21-10-5-4-6-14(21)2;/h14-15H,3-13H2,1-2H3,(H3,18,19,20);1H. The average Bonchev–Trinajstić information content (AvgIpc) is 2.57. The van der Waals surface area contributed by atoms with E-state index in [2.05, 4.69) is 22.1 Å². The quantitative estimate of drug-likeness (QED) is 0.367. The van der Waals surface area contributed by atoms with Gasteiger partial charge in [0.1, 0.15) is 0 Å². The van der Waals surface area contributed by atoms with Gasteiger partial charge in [-0.1, -0.05) is 6.42 Å². The van der Waals surface area contributed by atoms with Gasteiger partial charge in [-0.2, -0.15) is 0 Å². The first-order chi connectivity index (χ1) is 11.6. The Bertz CT molecular complexity index is 427. The molecule has 2 heterocycles. The third-order valence-corrected chi connectivity index (χ3v) is 4.98. The van der Waals surface area contributed by atoms with Gasteiger partial charge in [-0.15, -0.1) is 24.0 Å². The summed E-state index contributed by atoms with van der Waals surface area (Å²) in [5.74, 6) is 0.522. The van der Waals surface area contributed by atoms with Gasteiger partial charge in [0.25, 0.3) is 0 Å². The van der Waals surface area contributed by atoms with Crippen molar-refractivity contribution in [3.63, 3.8) is 0 Å². The van der Waals surface area contributed by atoms with Crippen LogP contribution < -0.4 is 11.1 Å². The van der Waals surface area contributed by atoms with E-state index in [4.69, 9.17) is 10.5 Å². The first-order valence-corrected chi connectivity index (χ1v) is 9.32. The van der Waals surface area contributed by atoms with Gasteiger partial charge >= 0.3 is 6.09 Å². The molecule has 2 aliphatic rings. The molecule has 1 unspecified atom stereocenters. The highest BCUT2D eigenvalue weighted by Gasteiger charge is 2.23. The number of carbonyl (C=O) groups is 1. The predicted molar refractivity (Wildman–Crippen MR) is 112 cm³/mol. The number of aliphatic imine (C=N–C) groups is 1. The second-order valence-corrected chi connectivity index (χ2v) is 6.75. The van der Waals surface area contributed by atoms with Gasteiger partial charge in [0.2, 0.25) is 0 Å². The Kier molecular flexibility index (Phi) is 10.5. The molecule has 0 aromatic heterocycles. The molecule has 0 aromatic carbocycles. The number of rotatable bonds is 5. The molecule has 0 saturated carbocycles. The first kappa shape index (κ1) is 22.3. The molecule has 25 heavy (non-hydrogen) atoms. The van der Waals surface area contributed by atoms with E-state index in [0.29, 0.717) is 31.7 Å². The summed E-state index contributed by atoms with van der Waals surface area (Å²) in [5.41, 5.74) is 6.01. The monoisotopic (exact) mass is 467 g/mol. The van der Waals surface area contributed by atoms with Gasteiger partial charge in [0.15, 0.2) is 5.96 Å². The van der Waals surface area contributed by atoms with Gasteiger partial charge in [0.05, 0.1) is 13.2 Å². The number of piperidine rings is 2. The minimum atomic E-state index is -0.215. The smallest absolute Gasteiger partial charge is 0.409 e. The molecule has 0 aromatic rings. The summed E-state index contributed by atoms with van der Waals surface area (Å²) in [5, 5.41) is 3.29. The summed E-state index contributed by atoms with van der Waals surface area (Å²) < 4.78 is 5.03. The molecule has 2 rings (SSSR count). The van der Waals surface area contributed by atoms with E-state index in [1.165, 1.54) is 25.8 Å². The summed E-state index contributed by atoms with van der Waals surface area (Å²) in [7, 11) is 0. The molecule has 8 heteroatoms. The van der Waals surface area contributed by atoms with Crippen molar-refractivity contribution in [3.05, 3.63) is 0 Å². The second-order valence-electron chi connectivity index (χ2n) is 6.75. The first-order valence-electron chi connectivity index (χ1n) is 9.32. The highest BCUT2D eigenvalue weighted by atomic mass is 127. The minimum absolute atomic E-state index is 0. The van der Waals surface area contributed by atoms with Crippen molar-refractivity contribution >= 4 is 36.0 Å². The maximum absolute atomic E-state index is 11.7. The van der Waals surface area contributed by atoms with E-state index in [-0.39, 0.29) is 36.1 Å². The molecule has 146 valence electrons. The largest absolute Gasteiger partial charge is 0.450 e. The third-order valence-electron chi connectivity index (χ3n) is 4.98. The van der Waals surface area contributed by atoms with Crippen molar-refractivity contribution in [2.75, 3.05) is 39.3 Å². The molecule has 0 spiro atoms. The van der Waals surface area contributed by atoms with Crippen LogP contribution in [0.3, 0.4) is 0 Å². The van der Waals surface area contributed by atoms with Crippen molar-refractivity contribution in [2.45, 2.75) is 58.0 Å². The van der Waals surface area contributed by atoms with Gasteiger partial charge in [-0.3, -0.25) is 9.89 Å². The molecule has 2 fully saturated rings. The van der Waals surface area contributed by atoms with E-state index >= 15 is 0 Å². The molecular weight excluding hydrogens is 433 g/mol. The molecule has 0 radical (unpaired) electrons. The number of ether oxygens (including phenoxy) is 1. The number of hydrogen-bond donors (Lipinski definition) is 2. The number of nitrogens with two attached hydrogens (primary N) is 1. The zero-order valence-corrected chi connectivity index (χ0v) is 17.9. The minimum Gasteiger partial charge on any atom is -0.450 e. The lowest BCUT2D eigenvalue weighted by Gasteiger charge is -2.33. The third kappa shape index (κ3) is 7.55. The fourth-order valence-electron chi connectivity index (χ4n) is 3.46. The number of halogens is 1. The van der Waals surface area contributed by atoms with Crippen molar-refractivity contribution < 1.29 is 9.53 Å². The number of guanidine groups is 1. The zero-order valence-electron chi connectivity index (χ0n) is 15.6. The van der Waals surface area contributed by atoms with Crippen molar-refractivity contribution in [3.8, 4) is 0 Å². The van der Waals surface area contributed by atoms with Crippen LogP contribution >= 0.6 is 24.0 Å². The Labute approximate surface area is 168 Å². The summed E-state index contributed by atoms with van der Waals surface area (Å²) in [6.45, 7) is 8.85. The van der Waals surface area contributed by atoms with E-state index < -0.39 is 0 Å². The van der Waals surface area contributed by atoms with Gasteiger partial charge in [0, 0.05) is 31.7 Å². The summed E-state index contributed by atoms with van der Waals surface area (Å²) >= 11 is 0. The Morgan fingerprint density at radius 3 is 2.60 bits per heavy atom. The molecule has 1 atom stereocenters. The Hall–Kier alpha value is -0.770. The molecule has 0 aliphatic carbocycles. The van der Waals surface area contributed by atoms with E-state index in [1.807, 2.05) is 6.92 Å². The highest BCUT2D eigenvalue weighted by Crippen LogP contribution is 2.15. The number of amides is 1. The van der Waals surface area contributed by atoms with Gasteiger partial charge < -0.3 is 20.7 Å². The van der Waals surface area contributed by atoms with Crippen LogP contribution in [0.1, 0.15) is 46.0 Å². The number of hydrogen-bond acceptors (Lipinski definition) is 4. The van der Waals surface area contributed by atoms with Crippen LogP contribution in [0.25, 0.3) is 0 Å². The van der Waals surface area contributed by atoms with Crippen LogP contribution in [0.5, 0.6) is 0 Å². The molecule has 3 N–H and O–H groups in total. The maximum atomic E-state index is 11.7. The number of nitrogens with one attached hydrogen (secondary N) is 1. The van der Waals surface area contributed by atoms with Crippen LogP contribution in [-0.2, 0) is 4.74 Å². The molecule has 2 saturated heterocycles. The molecule has 0 bridgehead atoms. The highest BCUT2D eigenvalue weighted by molar-refractivity contribution is 14.0. The average molecular weight is 467 g/mol. The van der Waals surface area contributed by atoms with E-state index in [9.17, 15) is 4.79 Å². The van der Waals surface area contributed by atoms with Gasteiger partial charge in [-0.05, 0) is 46.1 Å². The topological polar surface area (TPSA) is 83.2 Å². The van der Waals surface area contributed by atoms with Crippen LogP contribution in [0.4, 0.5) is 4.79 Å². The van der Waals surface area contributed by atoms with Crippen LogP contribution in [-0.4, -0.2) is 73.3 Å². The van der Waals surface area contributed by atoms with E-state index in [0.717, 1.165) is 25.9 Å². The molecule has 2 aliphatic heterocycles. The number of carbonyl (C=O) groups excluding carboxylic acids is 1. The maximum Gasteiger partial charge on any atom is 0.409 e. The predicted octanol–water partition coefficient (Wildman–Crippen LogP) is 2.00. The lowest BCUT2D eigenvalue weighted by Crippen LogP contribution is -2.48. The van der Waals surface area contributed by atoms with E-state index in [1.54, 1.807) is 4.90 Å². The Morgan fingerprint density at radius 2 is 1.96 bits per heavy atom. The fraction of sp³-hybridized carbons (Fsp3) is 0.882. The van der Waals surface area contributed by atoms with Crippen LogP contribution in [0, 0.1) is 0 Å². The van der Waals surface area contributed by atoms with Crippen molar-refractivity contribution in [1.29, 1.82) is 0 Å². The lowest BCUT2D eigenvalue weighted by molar-refractivity contribution is 0.0963. The number of nitrogens with zero attached hydrogens (tertiary/aromatic N) is 3. The zero-order chi connectivity index (χ0) is 17.4. The SMILES string of the molecule is CCOC(=O)N1CCC(NC(N)=NCCN2CCCCC2C)CC1.I. The van der Waals surface area contributed by atoms with Crippen LogP contribution in [0.2, 0.25) is 0 Å². The number of likely N-dealkylation sites (tertiary alicyclic amines) is 2. The van der Waals surface area contributed by atoms with Crippen molar-refractivity contribution in [2.24, 2.45) is 10.7 Å². The van der Waals surface area contributed by atoms with Crippen molar-refractivity contribution in [1.82, 2.24) is 15.1 Å². The Morgan fingerprint density at radius 1 is 1.24 bits per heavy atom. The molecule has 1 amide bonds. The second kappa shape index (κ2) is 11.8. The van der Waals surface area contributed by atoms with Crippen LogP contribution in [0.15, 0.2) is 4.99 Å². The Balaban J connectivity index is 0.00000312. The summed E-state index contributed by atoms with van der Waals surface area (Å²) in [6.07, 6.45) is 5.45. The lowest BCUT2D eigenvalue weighted by atomic mass is 10.0. The fourth-order valence-corrected chi connectivity index (χ4v) is 3.46. The normalized spacial score (nSPS) is 23.0. The van der Waals surface area contributed by atoms with Gasteiger partial charge in [-0.25, -0.2) is 4.79 Å². The molecular formula is C17H34IN5O2. The summed E-state index contributed by atoms with van der Waals surface area (Å²) in [6, 6.07) is 0.948. The molecule has 7 nitrogen and oxygen atoms in total.